The fourth-order valence-corrected chi connectivity index (χ4v) is 2.29. The molecule has 0 saturated carbocycles. The van der Waals surface area contributed by atoms with E-state index in [1.807, 2.05) is 24.3 Å². The molecule has 1 heterocycles. The number of likely N-dealkylation sites (N-methyl/N-ethyl adjacent to an activating group) is 1. The van der Waals surface area contributed by atoms with Crippen molar-refractivity contribution in [3.05, 3.63) is 24.3 Å². The van der Waals surface area contributed by atoms with E-state index < -0.39 is 0 Å². The Kier molecular flexibility index (Phi) is 8.76. The predicted molar refractivity (Wildman–Crippen MR) is 92.1 cm³/mol. The Morgan fingerprint density at radius 1 is 1.05 bits per heavy atom. The van der Waals surface area contributed by atoms with Gasteiger partial charge in [-0.15, -0.1) is 12.4 Å². The summed E-state index contributed by atoms with van der Waals surface area (Å²) in [6.45, 7) is 9.13. The zero-order chi connectivity index (χ0) is 14.9. The molecule has 2 rings (SSSR count). The van der Waals surface area contributed by atoms with Gasteiger partial charge in [-0.05, 0) is 18.7 Å². The van der Waals surface area contributed by atoms with Crippen molar-refractivity contribution in [2.24, 2.45) is 0 Å². The Morgan fingerprint density at radius 3 is 2.41 bits per heavy atom. The van der Waals surface area contributed by atoms with Crippen molar-refractivity contribution in [3.8, 4) is 23.3 Å². The van der Waals surface area contributed by atoms with Gasteiger partial charge in [0.25, 0.3) is 0 Å². The van der Waals surface area contributed by atoms with E-state index >= 15 is 0 Å². The van der Waals surface area contributed by atoms with Crippen molar-refractivity contribution in [2.45, 2.75) is 6.92 Å². The van der Waals surface area contributed by atoms with Gasteiger partial charge in [-0.3, -0.25) is 4.90 Å². The van der Waals surface area contributed by atoms with Crippen molar-refractivity contribution in [1.29, 1.82) is 0 Å². The molecule has 1 aliphatic heterocycles. The van der Waals surface area contributed by atoms with Crippen LogP contribution in [-0.4, -0.2) is 62.8 Å². The first-order chi connectivity index (χ1) is 10.3. The van der Waals surface area contributed by atoms with E-state index in [1.54, 1.807) is 7.11 Å². The molecular formula is C17H25ClN2O2. The summed E-state index contributed by atoms with van der Waals surface area (Å²) in [4.78, 5) is 4.86. The number of methoxy groups -OCH3 is 1. The van der Waals surface area contributed by atoms with Crippen molar-refractivity contribution in [2.75, 3.05) is 53.0 Å². The Hall–Kier alpha value is -1.41. The number of rotatable bonds is 5. The average molecular weight is 325 g/mol. The van der Waals surface area contributed by atoms with Gasteiger partial charge in [0, 0.05) is 32.2 Å². The summed E-state index contributed by atoms with van der Waals surface area (Å²) < 4.78 is 10.7. The van der Waals surface area contributed by atoms with Gasteiger partial charge in [0.1, 0.15) is 18.1 Å². The van der Waals surface area contributed by atoms with Crippen LogP contribution in [0.3, 0.4) is 0 Å². The molecule has 0 unspecified atom stereocenters. The van der Waals surface area contributed by atoms with Gasteiger partial charge in [0.15, 0.2) is 0 Å². The Morgan fingerprint density at radius 2 is 1.73 bits per heavy atom. The molecule has 0 bridgehead atoms. The van der Waals surface area contributed by atoms with E-state index in [1.165, 1.54) is 0 Å². The molecule has 22 heavy (non-hydrogen) atoms. The van der Waals surface area contributed by atoms with Gasteiger partial charge in [-0.1, -0.05) is 24.8 Å². The van der Waals surface area contributed by atoms with Crippen LogP contribution in [-0.2, 0) is 0 Å². The highest BCUT2D eigenvalue weighted by molar-refractivity contribution is 5.85. The molecule has 1 saturated heterocycles. The lowest BCUT2D eigenvalue weighted by Crippen LogP contribution is -2.46. The van der Waals surface area contributed by atoms with Crippen LogP contribution in [0.15, 0.2) is 24.3 Å². The fourth-order valence-electron chi connectivity index (χ4n) is 2.29. The second-order valence-electron chi connectivity index (χ2n) is 5.03. The summed E-state index contributed by atoms with van der Waals surface area (Å²) in [5.41, 5.74) is 0. The van der Waals surface area contributed by atoms with Crippen molar-refractivity contribution < 1.29 is 9.47 Å². The maximum absolute atomic E-state index is 5.59. The lowest BCUT2D eigenvalue weighted by atomic mass is 10.3. The highest BCUT2D eigenvalue weighted by atomic mass is 35.5. The molecule has 0 N–H and O–H groups in total. The molecule has 0 aliphatic carbocycles. The standard InChI is InChI=1S/C17H24N2O2.ClH/c1-3-18-10-12-19(13-11-18)9-4-5-14-21-17-8-6-7-16(15-17)20-2;/h6-8,15H,3,9-14H2,1-2H3;1H. The van der Waals surface area contributed by atoms with Gasteiger partial charge >= 0.3 is 0 Å². The van der Waals surface area contributed by atoms with Gasteiger partial charge < -0.3 is 14.4 Å². The van der Waals surface area contributed by atoms with Crippen molar-refractivity contribution in [1.82, 2.24) is 9.80 Å². The summed E-state index contributed by atoms with van der Waals surface area (Å²) >= 11 is 0. The molecule has 1 aliphatic rings. The summed E-state index contributed by atoms with van der Waals surface area (Å²) in [7, 11) is 1.65. The van der Waals surface area contributed by atoms with Crippen LogP contribution in [0.25, 0.3) is 0 Å². The summed E-state index contributed by atoms with van der Waals surface area (Å²) in [5.74, 6) is 7.86. The Bertz CT molecular complexity index is 491. The third-order valence-corrected chi connectivity index (χ3v) is 3.69. The number of hydrogen-bond donors (Lipinski definition) is 0. The molecule has 1 aromatic rings. The van der Waals surface area contributed by atoms with Gasteiger partial charge in [-0.2, -0.15) is 0 Å². The third-order valence-electron chi connectivity index (χ3n) is 3.69. The molecule has 0 atom stereocenters. The van der Waals surface area contributed by atoms with Gasteiger partial charge in [0.05, 0.1) is 13.7 Å². The predicted octanol–water partition coefficient (Wildman–Crippen LogP) is 2.14. The summed E-state index contributed by atoms with van der Waals surface area (Å²) in [5, 5.41) is 0. The van der Waals surface area contributed by atoms with E-state index in [-0.39, 0.29) is 12.4 Å². The first kappa shape index (κ1) is 18.6. The number of nitrogens with zero attached hydrogens (tertiary/aromatic N) is 2. The Balaban J connectivity index is 0.00000242. The molecule has 0 spiro atoms. The second kappa shape index (κ2) is 10.3. The first-order valence-electron chi connectivity index (χ1n) is 7.49. The zero-order valence-electron chi connectivity index (χ0n) is 13.4. The number of piperazine rings is 1. The minimum absolute atomic E-state index is 0. The molecule has 1 aromatic carbocycles. The van der Waals surface area contributed by atoms with Gasteiger partial charge in [-0.25, -0.2) is 0 Å². The molecule has 0 amide bonds. The van der Waals surface area contributed by atoms with Crippen molar-refractivity contribution in [3.63, 3.8) is 0 Å². The van der Waals surface area contributed by atoms with Crippen LogP contribution in [0.1, 0.15) is 6.92 Å². The maximum Gasteiger partial charge on any atom is 0.149 e. The SMILES string of the molecule is CCN1CCN(CC#CCOc2cccc(OC)c2)CC1.Cl. The fraction of sp³-hybridized carbons (Fsp3) is 0.529. The molecular weight excluding hydrogens is 300 g/mol. The van der Waals surface area contributed by atoms with E-state index in [0.29, 0.717) is 6.61 Å². The quantitative estimate of drug-likeness (QED) is 0.775. The second-order valence-corrected chi connectivity index (χ2v) is 5.03. The van der Waals surface area contributed by atoms with Gasteiger partial charge in [0.2, 0.25) is 0 Å². The number of halogens is 1. The number of ether oxygens (including phenoxy) is 2. The summed E-state index contributed by atoms with van der Waals surface area (Å²) in [6.07, 6.45) is 0. The molecule has 1 fully saturated rings. The average Bonchev–Trinajstić information content (AvgIpc) is 2.55. The minimum atomic E-state index is 0. The van der Waals surface area contributed by atoms with E-state index in [2.05, 4.69) is 28.6 Å². The normalized spacial score (nSPS) is 15.4. The molecule has 5 heteroatoms. The van der Waals surface area contributed by atoms with Crippen LogP contribution < -0.4 is 9.47 Å². The third kappa shape index (κ3) is 6.15. The van der Waals surface area contributed by atoms with Crippen LogP contribution in [0.2, 0.25) is 0 Å². The highest BCUT2D eigenvalue weighted by Crippen LogP contribution is 2.18. The molecule has 0 aromatic heterocycles. The molecule has 0 radical (unpaired) electrons. The lowest BCUT2D eigenvalue weighted by Gasteiger charge is -2.32. The van der Waals surface area contributed by atoms with Crippen LogP contribution >= 0.6 is 12.4 Å². The van der Waals surface area contributed by atoms with E-state index in [0.717, 1.165) is 50.8 Å². The molecule has 4 nitrogen and oxygen atoms in total. The van der Waals surface area contributed by atoms with Crippen molar-refractivity contribution >= 4 is 12.4 Å². The zero-order valence-corrected chi connectivity index (χ0v) is 14.2. The number of hydrogen-bond acceptors (Lipinski definition) is 4. The largest absolute Gasteiger partial charge is 0.497 e. The molecule has 122 valence electrons. The monoisotopic (exact) mass is 324 g/mol. The topological polar surface area (TPSA) is 24.9 Å². The van der Waals surface area contributed by atoms with Crippen LogP contribution in [0, 0.1) is 11.8 Å². The Labute approximate surface area is 139 Å². The van der Waals surface area contributed by atoms with E-state index in [4.69, 9.17) is 9.47 Å². The van der Waals surface area contributed by atoms with Crippen LogP contribution in [0.5, 0.6) is 11.5 Å². The first-order valence-corrected chi connectivity index (χ1v) is 7.49. The van der Waals surface area contributed by atoms with E-state index in [9.17, 15) is 0 Å². The maximum atomic E-state index is 5.59. The minimum Gasteiger partial charge on any atom is -0.497 e. The summed E-state index contributed by atoms with van der Waals surface area (Å²) in [6, 6.07) is 7.59. The highest BCUT2D eigenvalue weighted by Gasteiger charge is 2.13. The van der Waals surface area contributed by atoms with Crippen LogP contribution in [0.4, 0.5) is 0 Å². The smallest absolute Gasteiger partial charge is 0.149 e. The lowest BCUT2D eigenvalue weighted by molar-refractivity contribution is 0.149. The number of benzene rings is 1.